The Kier molecular flexibility index (Phi) is 12.5. The molecular formula is C24H29Cl2F3N6O4. The Bertz CT molecular complexity index is 1320. The largest absolute Gasteiger partial charge is 0.492 e. The number of pyridine rings is 1. The summed E-state index contributed by atoms with van der Waals surface area (Å²) in [5, 5.41) is 4.92. The number of ether oxygens (including phenoxy) is 2. The van der Waals surface area contributed by atoms with Gasteiger partial charge in [-0.2, -0.15) is 13.2 Å². The first-order chi connectivity index (χ1) is 17.5. The standard InChI is InChI=1S/C24H27F3N6O4.2ClH/c1-5-36-20-8-15(12-29-22(20)34)21-28-13-19(14(2)30-21)32-23(35)31-17-9-16(24(25,26)27)10-18(11-17)37-7-6-33(3)4;;/h8-13H,5-7H2,1-4H3,(H,29,34)(H2,31,32,35);2*1H. The molecule has 0 saturated heterocycles. The summed E-state index contributed by atoms with van der Waals surface area (Å²) >= 11 is 0. The molecule has 2 heterocycles. The van der Waals surface area contributed by atoms with Gasteiger partial charge >= 0.3 is 12.2 Å². The summed E-state index contributed by atoms with van der Waals surface area (Å²) < 4.78 is 50.8. The number of amides is 2. The third-order valence-electron chi connectivity index (χ3n) is 4.95. The van der Waals surface area contributed by atoms with E-state index < -0.39 is 23.3 Å². The fourth-order valence-corrected chi connectivity index (χ4v) is 3.13. The number of nitrogens with zero attached hydrogens (tertiary/aromatic N) is 3. The summed E-state index contributed by atoms with van der Waals surface area (Å²) in [6.45, 7) is 4.35. The zero-order valence-electron chi connectivity index (χ0n) is 21.5. The number of aromatic nitrogens is 3. The van der Waals surface area contributed by atoms with E-state index in [9.17, 15) is 22.8 Å². The van der Waals surface area contributed by atoms with Crippen molar-refractivity contribution in [2.75, 3.05) is 44.5 Å². The Morgan fingerprint density at radius 1 is 1.10 bits per heavy atom. The van der Waals surface area contributed by atoms with Gasteiger partial charge in [0.2, 0.25) is 0 Å². The molecule has 15 heteroatoms. The van der Waals surface area contributed by atoms with Gasteiger partial charge in [-0.25, -0.2) is 14.8 Å². The molecule has 0 bridgehead atoms. The van der Waals surface area contributed by atoms with E-state index in [2.05, 4.69) is 25.6 Å². The fourth-order valence-electron chi connectivity index (χ4n) is 3.13. The third kappa shape index (κ3) is 9.61. The van der Waals surface area contributed by atoms with Crippen LogP contribution >= 0.6 is 24.8 Å². The first-order valence-corrected chi connectivity index (χ1v) is 11.2. The summed E-state index contributed by atoms with van der Waals surface area (Å²) in [5.74, 6) is 0.371. The maximum absolute atomic E-state index is 13.4. The number of hydrogen-bond donors (Lipinski definition) is 3. The number of H-pyrrole nitrogens is 1. The number of carbonyl (C=O) groups is 1. The molecule has 2 amide bonds. The van der Waals surface area contributed by atoms with Crippen LogP contribution in [0.3, 0.4) is 0 Å². The van der Waals surface area contributed by atoms with E-state index >= 15 is 0 Å². The van der Waals surface area contributed by atoms with E-state index in [4.69, 9.17) is 9.47 Å². The summed E-state index contributed by atoms with van der Waals surface area (Å²) in [4.78, 5) is 37.3. The van der Waals surface area contributed by atoms with E-state index in [1.165, 1.54) is 24.5 Å². The van der Waals surface area contributed by atoms with Crippen LogP contribution in [0.2, 0.25) is 0 Å². The van der Waals surface area contributed by atoms with Gasteiger partial charge in [0.15, 0.2) is 11.6 Å². The Labute approximate surface area is 235 Å². The second-order valence-corrected chi connectivity index (χ2v) is 8.18. The highest BCUT2D eigenvalue weighted by atomic mass is 35.5. The third-order valence-corrected chi connectivity index (χ3v) is 4.95. The molecule has 0 aliphatic rings. The van der Waals surface area contributed by atoms with Crippen LogP contribution in [-0.2, 0) is 6.18 Å². The van der Waals surface area contributed by atoms with Crippen LogP contribution in [0.5, 0.6) is 11.5 Å². The van der Waals surface area contributed by atoms with Crippen molar-refractivity contribution < 1.29 is 27.4 Å². The van der Waals surface area contributed by atoms with Crippen LogP contribution in [0.1, 0.15) is 18.2 Å². The van der Waals surface area contributed by atoms with Crippen LogP contribution in [0.25, 0.3) is 11.4 Å². The first kappa shape index (κ1) is 33.5. The van der Waals surface area contributed by atoms with Gasteiger partial charge in [-0.15, -0.1) is 24.8 Å². The molecule has 0 atom stereocenters. The molecular weight excluding hydrogens is 564 g/mol. The predicted molar refractivity (Wildman–Crippen MR) is 147 cm³/mol. The predicted octanol–water partition coefficient (Wildman–Crippen LogP) is 4.99. The summed E-state index contributed by atoms with van der Waals surface area (Å²) in [6, 6.07) is 3.71. The molecule has 0 saturated carbocycles. The van der Waals surface area contributed by atoms with Gasteiger partial charge in [-0.1, -0.05) is 0 Å². The number of aromatic amines is 1. The van der Waals surface area contributed by atoms with Crippen molar-refractivity contribution in [2.45, 2.75) is 20.0 Å². The molecule has 39 heavy (non-hydrogen) atoms. The highest BCUT2D eigenvalue weighted by Gasteiger charge is 2.31. The molecule has 0 unspecified atom stereocenters. The topological polar surface area (TPSA) is 121 Å². The molecule has 214 valence electrons. The van der Waals surface area contributed by atoms with E-state index in [0.29, 0.717) is 24.4 Å². The van der Waals surface area contributed by atoms with Gasteiger partial charge in [0, 0.05) is 30.1 Å². The van der Waals surface area contributed by atoms with Crippen LogP contribution in [0, 0.1) is 6.92 Å². The van der Waals surface area contributed by atoms with E-state index in [1.54, 1.807) is 13.8 Å². The van der Waals surface area contributed by atoms with Crippen molar-refractivity contribution in [3.05, 3.63) is 58.3 Å². The Hall–Kier alpha value is -3.55. The van der Waals surface area contributed by atoms with Gasteiger partial charge < -0.3 is 30.0 Å². The SMILES string of the molecule is CCOc1cc(-c2ncc(NC(=O)Nc3cc(OCCN(C)C)cc(C(F)(F)F)c3)c(C)n2)c[nH]c1=O.Cl.Cl. The number of aryl methyl sites for hydroxylation is 1. The molecule has 3 N–H and O–H groups in total. The van der Waals surface area contributed by atoms with Crippen molar-refractivity contribution in [2.24, 2.45) is 0 Å². The normalized spacial score (nSPS) is 10.8. The Balaban J connectivity index is 0.00000380. The minimum absolute atomic E-state index is 0. The van der Waals surface area contributed by atoms with Gasteiger partial charge in [-0.3, -0.25) is 4.79 Å². The molecule has 2 aromatic heterocycles. The molecule has 0 fully saturated rings. The number of urea groups is 1. The van der Waals surface area contributed by atoms with E-state index in [-0.39, 0.29) is 60.1 Å². The van der Waals surface area contributed by atoms with Gasteiger partial charge in [-0.05, 0) is 46.1 Å². The lowest BCUT2D eigenvalue weighted by molar-refractivity contribution is -0.137. The van der Waals surface area contributed by atoms with Crippen LogP contribution in [-0.4, -0.2) is 59.7 Å². The second-order valence-electron chi connectivity index (χ2n) is 8.18. The number of anilines is 2. The smallest absolute Gasteiger partial charge is 0.416 e. The highest BCUT2D eigenvalue weighted by molar-refractivity contribution is 6.00. The first-order valence-electron chi connectivity index (χ1n) is 11.2. The number of alkyl halides is 3. The number of halogens is 5. The number of carbonyl (C=O) groups excluding carboxylic acids is 1. The van der Waals surface area contributed by atoms with Gasteiger partial charge in [0.1, 0.15) is 12.4 Å². The monoisotopic (exact) mass is 592 g/mol. The average molecular weight is 593 g/mol. The summed E-state index contributed by atoms with van der Waals surface area (Å²) in [7, 11) is 3.62. The summed E-state index contributed by atoms with van der Waals surface area (Å²) in [6.07, 6.45) is -1.84. The van der Waals surface area contributed by atoms with Crippen molar-refractivity contribution in [1.29, 1.82) is 0 Å². The molecule has 0 aliphatic heterocycles. The zero-order chi connectivity index (χ0) is 27.2. The van der Waals surface area contributed by atoms with Gasteiger partial charge in [0.25, 0.3) is 5.56 Å². The highest BCUT2D eigenvalue weighted by Crippen LogP contribution is 2.34. The fraction of sp³-hybridized carbons (Fsp3) is 0.333. The minimum Gasteiger partial charge on any atom is -0.492 e. The van der Waals surface area contributed by atoms with E-state index in [1.807, 2.05) is 19.0 Å². The molecule has 0 spiro atoms. The Morgan fingerprint density at radius 2 is 1.82 bits per heavy atom. The van der Waals surface area contributed by atoms with E-state index in [0.717, 1.165) is 12.1 Å². The number of nitrogens with one attached hydrogen (secondary N) is 3. The molecule has 1 aromatic carbocycles. The lowest BCUT2D eigenvalue weighted by Gasteiger charge is -2.16. The maximum atomic E-state index is 13.4. The lowest BCUT2D eigenvalue weighted by Crippen LogP contribution is -2.21. The van der Waals surface area contributed by atoms with Gasteiger partial charge in [0.05, 0.1) is 29.7 Å². The van der Waals surface area contributed by atoms with Crippen molar-refractivity contribution in [3.8, 4) is 22.9 Å². The minimum atomic E-state index is -4.63. The number of rotatable bonds is 9. The van der Waals surface area contributed by atoms with Crippen molar-refractivity contribution in [3.63, 3.8) is 0 Å². The number of benzene rings is 1. The van der Waals surface area contributed by atoms with Crippen molar-refractivity contribution >= 4 is 42.2 Å². The number of hydrogen-bond acceptors (Lipinski definition) is 7. The second kappa shape index (κ2) is 14.6. The average Bonchev–Trinajstić information content (AvgIpc) is 2.81. The summed E-state index contributed by atoms with van der Waals surface area (Å²) in [5.41, 5.74) is -0.322. The van der Waals surface area contributed by atoms with Crippen molar-refractivity contribution in [1.82, 2.24) is 19.9 Å². The molecule has 0 aliphatic carbocycles. The van der Waals surface area contributed by atoms with Crippen LogP contribution < -0.4 is 25.7 Å². The number of likely N-dealkylation sites (N-methyl/N-ethyl adjacent to an activating group) is 1. The zero-order valence-corrected chi connectivity index (χ0v) is 23.1. The molecule has 10 nitrogen and oxygen atoms in total. The Morgan fingerprint density at radius 3 is 2.44 bits per heavy atom. The maximum Gasteiger partial charge on any atom is 0.416 e. The molecule has 0 radical (unpaired) electrons. The van der Waals surface area contributed by atoms with Crippen LogP contribution in [0.15, 0.2) is 41.5 Å². The lowest BCUT2D eigenvalue weighted by atomic mass is 10.2. The quantitative estimate of drug-likeness (QED) is 0.320. The molecule has 3 rings (SSSR count). The van der Waals surface area contributed by atoms with Crippen LogP contribution in [0.4, 0.5) is 29.3 Å². The molecule has 3 aromatic rings.